The number of halogens is 1. The van der Waals surface area contributed by atoms with Crippen LogP contribution in [0, 0.1) is 13.8 Å². The fourth-order valence-electron chi connectivity index (χ4n) is 4.36. The van der Waals surface area contributed by atoms with Crippen molar-refractivity contribution in [3.8, 4) is 0 Å². The minimum absolute atomic E-state index is 0.0138. The fourth-order valence-corrected chi connectivity index (χ4v) is 5.94. The zero-order valence-corrected chi connectivity index (χ0v) is 22.4. The predicted molar refractivity (Wildman–Crippen MR) is 147 cm³/mol. The second-order valence-electron chi connectivity index (χ2n) is 9.36. The van der Waals surface area contributed by atoms with Crippen molar-refractivity contribution in [2.24, 2.45) is 0 Å². The summed E-state index contributed by atoms with van der Waals surface area (Å²) in [5.74, 6) is -0.808. The topological polar surface area (TPSA) is 104 Å². The van der Waals surface area contributed by atoms with Crippen LogP contribution in [0.5, 0.6) is 0 Å². The third-order valence-corrected chi connectivity index (χ3v) is 8.47. The summed E-state index contributed by atoms with van der Waals surface area (Å²) < 4.78 is 28.7. The fraction of sp³-hybridized carbons (Fsp3) is 0.286. The maximum atomic E-state index is 13.1. The molecule has 1 fully saturated rings. The van der Waals surface area contributed by atoms with Crippen LogP contribution in [0.3, 0.4) is 0 Å². The Bertz CT molecular complexity index is 1430. The van der Waals surface area contributed by atoms with Gasteiger partial charge in [0.25, 0.3) is 21.8 Å². The van der Waals surface area contributed by atoms with Crippen molar-refractivity contribution < 1.29 is 18.0 Å². The maximum absolute atomic E-state index is 13.1. The van der Waals surface area contributed by atoms with Crippen LogP contribution in [0.2, 0.25) is 5.02 Å². The van der Waals surface area contributed by atoms with Gasteiger partial charge in [0, 0.05) is 17.3 Å². The van der Waals surface area contributed by atoms with Crippen LogP contribution in [0.1, 0.15) is 63.9 Å². The van der Waals surface area contributed by atoms with E-state index in [0.717, 1.165) is 36.8 Å². The molecule has 0 spiro atoms. The highest BCUT2D eigenvalue weighted by Gasteiger charge is 2.22. The summed E-state index contributed by atoms with van der Waals surface area (Å²) in [5, 5.41) is 5.79. The van der Waals surface area contributed by atoms with E-state index in [1.54, 1.807) is 36.4 Å². The molecule has 1 aliphatic carbocycles. The zero-order chi connectivity index (χ0) is 26.6. The molecule has 0 heterocycles. The zero-order valence-electron chi connectivity index (χ0n) is 20.8. The Labute approximate surface area is 222 Å². The van der Waals surface area contributed by atoms with Crippen molar-refractivity contribution in [2.45, 2.75) is 56.9 Å². The quantitative estimate of drug-likeness (QED) is 0.339. The number of anilines is 2. The van der Waals surface area contributed by atoms with E-state index in [0.29, 0.717) is 16.9 Å². The number of hydrogen-bond donors (Lipinski definition) is 3. The van der Waals surface area contributed by atoms with Gasteiger partial charge in [-0.15, -0.1) is 0 Å². The highest BCUT2D eigenvalue weighted by atomic mass is 35.5. The van der Waals surface area contributed by atoms with Crippen LogP contribution < -0.4 is 15.4 Å². The molecule has 1 aliphatic rings. The van der Waals surface area contributed by atoms with Gasteiger partial charge in [0.15, 0.2) is 0 Å². The Morgan fingerprint density at radius 3 is 2.32 bits per heavy atom. The van der Waals surface area contributed by atoms with Crippen LogP contribution in [0.25, 0.3) is 0 Å². The molecule has 194 valence electrons. The molecule has 0 radical (unpaired) electrons. The normalized spacial score (nSPS) is 14.1. The molecule has 7 nitrogen and oxygen atoms in total. The number of rotatable bonds is 7. The predicted octanol–water partition coefficient (Wildman–Crippen LogP) is 6.07. The Hall–Kier alpha value is -3.36. The molecule has 4 rings (SSSR count). The summed E-state index contributed by atoms with van der Waals surface area (Å²) >= 11 is 6.22. The lowest BCUT2D eigenvalue weighted by Crippen LogP contribution is -2.36. The maximum Gasteiger partial charge on any atom is 0.263 e. The van der Waals surface area contributed by atoms with E-state index >= 15 is 0 Å². The first-order valence-corrected chi connectivity index (χ1v) is 14.1. The van der Waals surface area contributed by atoms with E-state index in [-0.39, 0.29) is 27.4 Å². The molecule has 0 bridgehead atoms. The van der Waals surface area contributed by atoms with Gasteiger partial charge >= 0.3 is 0 Å². The summed E-state index contributed by atoms with van der Waals surface area (Å²) in [4.78, 5) is 25.8. The smallest absolute Gasteiger partial charge is 0.263 e. The molecule has 9 heteroatoms. The first kappa shape index (κ1) is 26.7. The first-order chi connectivity index (χ1) is 17.6. The summed E-state index contributed by atoms with van der Waals surface area (Å²) in [6.45, 7) is 3.82. The Morgan fingerprint density at radius 2 is 1.59 bits per heavy atom. The van der Waals surface area contributed by atoms with Gasteiger partial charge in [-0.3, -0.25) is 14.3 Å². The molecule has 3 aromatic carbocycles. The minimum atomic E-state index is -4.07. The molecule has 1 saturated carbocycles. The second kappa shape index (κ2) is 11.4. The van der Waals surface area contributed by atoms with Gasteiger partial charge in [-0.05, 0) is 80.3 Å². The number of nitrogens with one attached hydrogen (secondary N) is 3. The molecule has 0 aliphatic heterocycles. The van der Waals surface area contributed by atoms with E-state index in [1.807, 2.05) is 19.9 Å². The molecular formula is C28H30ClN3O4S. The summed E-state index contributed by atoms with van der Waals surface area (Å²) in [6, 6.07) is 16.1. The van der Waals surface area contributed by atoms with Crippen molar-refractivity contribution in [1.29, 1.82) is 0 Å². The van der Waals surface area contributed by atoms with Crippen LogP contribution in [-0.2, 0) is 10.0 Å². The number of amides is 2. The van der Waals surface area contributed by atoms with Gasteiger partial charge in [0.05, 0.1) is 16.3 Å². The molecule has 3 N–H and O–H groups in total. The van der Waals surface area contributed by atoms with E-state index in [9.17, 15) is 18.0 Å². The minimum Gasteiger partial charge on any atom is -0.349 e. The largest absolute Gasteiger partial charge is 0.349 e. The highest BCUT2D eigenvalue weighted by molar-refractivity contribution is 7.92. The lowest BCUT2D eigenvalue weighted by atomic mass is 9.95. The summed E-state index contributed by atoms with van der Waals surface area (Å²) in [7, 11) is -4.07. The van der Waals surface area contributed by atoms with Gasteiger partial charge in [0.1, 0.15) is 4.90 Å². The molecule has 0 atom stereocenters. The van der Waals surface area contributed by atoms with E-state index in [1.165, 1.54) is 24.6 Å². The molecule has 3 aromatic rings. The van der Waals surface area contributed by atoms with Crippen molar-refractivity contribution >= 4 is 44.8 Å². The highest BCUT2D eigenvalue weighted by Crippen LogP contribution is 2.27. The average Bonchev–Trinajstić information content (AvgIpc) is 2.87. The number of carbonyl (C=O) groups excluding carboxylic acids is 2. The summed E-state index contributed by atoms with van der Waals surface area (Å²) in [6.07, 6.45) is 5.24. The van der Waals surface area contributed by atoms with Crippen LogP contribution >= 0.6 is 11.6 Å². The number of carbonyl (C=O) groups is 2. The number of benzene rings is 3. The summed E-state index contributed by atoms with van der Waals surface area (Å²) in [5.41, 5.74) is 3.14. The third kappa shape index (κ3) is 6.50. The van der Waals surface area contributed by atoms with E-state index < -0.39 is 15.9 Å². The SMILES string of the molecule is Cc1ccc(NS(=O)(=O)c2cc(C(=O)Nc3ccccc3C(=O)NC3CCCCC3)ccc2Cl)cc1C. The van der Waals surface area contributed by atoms with Gasteiger partial charge < -0.3 is 10.6 Å². The number of hydrogen-bond acceptors (Lipinski definition) is 4. The van der Waals surface area contributed by atoms with Crippen molar-refractivity contribution in [1.82, 2.24) is 5.32 Å². The van der Waals surface area contributed by atoms with Crippen molar-refractivity contribution in [3.63, 3.8) is 0 Å². The molecule has 0 aromatic heterocycles. The van der Waals surface area contributed by atoms with E-state index in [4.69, 9.17) is 11.6 Å². The molecule has 37 heavy (non-hydrogen) atoms. The molecular weight excluding hydrogens is 510 g/mol. The molecule has 0 saturated heterocycles. The van der Waals surface area contributed by atoms with Gasteiger partial charge in [-0.2, -0.15) is 0 Å². The lowest BCUT2D eigenvalue weighted by Gasteiger charge is -2.23. The monoisotopic (exact) mass is 539 g/mol. The van der Waals surface area contributed by atoms with Gasteiger partial charge in [-0.25, -0.2) is 8.42 Å². The van der Waals surface area contributed by atoms with Crippen LogP contribution in [0.4, 0.5) is 11.4 Å². The number of aryl methyl sites for hydroxylation is 2. The molecule has 0 unspecified atom stereocenters. The number of sulfonamides is 1. The Balaban J connectivity index is 1.54. The Morgan fingerprint density at radius 1 is 0.865 bits per heavy atom. The molecule has 2 amide bonds. The van der Waals surface area contributed by atoms with Gasteiger partial charge in [-0.1, -0.05) is 49.1 Å². The van der Waals surface area contributed by atoms with Gasteiger partial charge in [0.2, 0.25) is 0 Å². The van der Waals surface area contributed by atoms with E-state index in [2.05, 4.69) is 15.4 Å². The van der Waals surface area contributed by atoms with Crippen molar-refractivity contribution in [2.75, 3.05) is 10.0 Å². The lowest BCUT2D eigenvalue weighted by molar-refractivity contribution is 0.0928. The number of para-hydroxylation sites is 1. The first-order valence-electron chi connectivity index (χ1n) is 12.2. The van der Waals surface area contributed by atoms with Crippen molar-refractivity contribution in [3.05, 3.63) is 87.9 Å². The van der Waals surface area contributed by atoms with Crippen LogP contribution in [-0.4, -0.2) is 26.3 Å². The standard InChI is InChI=1S/C28H30ClN3O4S/c1-18-12-14-22(16-19(18)2)32-37(35,36)26-17-20(13-15-24(26)29)27(33)31-25-11-7-6-10-23(25)28(34)30-21-8-4-3-5-9-21/h6-7,10-17,21,32H,3-5,8-9H2,1-2H3,(H,30,34)(H,31,33). The second-order valence-corrected chi connectivity index (χ2v) is 11.4. The van der Waals surface area contributed by atoms with Crippen LogP contribution in [0.15, 0.2) is 65.6 Å². The average molecular weight is 540 g/mol. The Kier molecular flexibility index (Phi) is 8.19. The third-order valence-electron chi connectivity index (χ3n) is 6.60.